The SMILES string of the molecule is N#Cc1cncc(OC(F)(F)F)c1CF. The predicted molar refractivity (Wildman–Crippen MR) is 40.4 cm³/mol. The molecule has 0 aliphatic carbocycles. The van der Waals surface area contributed by atoms with Crippen molar-refractivity contribution in [2.24, 2.45) is 0 Å². The van der Waals surface area contributed by atoms with E-state index in [0.29, 0.717) is 6.20 Å². The fourth-order valence-corrected chi connectivity index (χ4v) is 0.915. The molecule has 1 aromatic rings. The molecule has 0 spiro atoms. The van der Waals surface area contributed by atoms with Gasteiger partial charge >= 0.3 is 6.36 Å². The second kappa shape index (κ2) is 4.13. The summed E-state index contributed by atoms with van der Waals surface area (Å²) in [4.78, 5) is 3.33. The molecule has 0 fully saturated rings. The van der Waals surface area contributed by atoms with Gasteiger partial charge in [-0.2, -0.15) is 5.26 Å². The van der Waals surface area contributed by atoms with Gasteiger partial charge in [0.15, 0.2) is 5.75 Å². The lowest BCUT2D eigenvalue weighted by Crippen LogP contribution is -2.18. The lowest BCUT2D eigenvalue weighted by atomic mass is 10.1. The molecule has 0 saturated heterocycles. The molecule has 0 N–H and O–H groups in total. The first-order chi connectivity index (χ1) is 6.98. The maximum Gasteiger partial charge on any atom is 0.573 e. The molecular weight excluding hydrogens is 216 g/mol. The monoisotopic (exact) mass is 220 g/mol. The Hall–Kier alpha value is -1.84. The zero-order chi connectivity index (χ0) is 11.5. The molecule has 0 bridgehead atoms. The summed E-state index contributed by atoms with van der Waals surface area (Å²) in [6.45, 7) is -1.23. The summed E-state index contributed by atoms with van der Waals surface area (Å²) in [5.74, 6) is -0.788. The van der Waals surface area contributed by atoms with E-state index in [4.69, 9.17) is 5.26 Å². The van der Waals surface area contributed by atoms with Crippen molar-refractivity contribution in [2.45, 2.75) is 13.0 Å². The second-order valence-electron chi connectivity index (χ2n) is 2.46. The third-order valence-corrected chi connectivity index (χ3v) is 1.50. The first-order valence-electron chi connectivity index (χ1n) is 3.66. The van der Waals surface area contributed by atoms with Gasteiger partial charge in [-0.3, -0.25) is 4.98 Å². The molecule has 0 amide bonds. The molecule has 0 saturated carbocycles. The lowest BCUT2D eigenvalue weighted by Gasteiger charge is -2.11. The summed E-state index contributed by atoms with van der Waals surface area (Å²) < 4.78 is 51.4. The number of pyridine rings is 1. The number of nitriles is 1. The molecule has 3 nitrogen and oxygen atoms in total. The topological polar surface area (TPSA) is 45.9 Å². The van der Waals surface area contributed by atoms with Crippen molar-refractivity contribution in [1.82, 2.24) is 4.98 Å². The van der Waals surface area contributed by atoms with Gasteiger partial charge in [-0.25, -0.2) is 4.39 Å². The van der Waals surface area contributed by atoms with Crippen LogP contribution in [0.2, 0.25) is 0 Å². The minimum atomic E-state index is -4.93. The predicted octanol–water partition coefficient (Wildman–Crippen LogP) is 2.32. The highest BCUT2D eigenvalue weighted by Gasteiger charge is 2.32. The number of hydrogen-bond donors (Lipinski definition) is 0. The van der Waals surface area contributed by atoms with Gasteiger partial charge in [-0.15, -0.1) is 13.2 Å². The average Bonchev–Trinajstić information content (AvgIpc) is 2.15. The Bertz CT molecular complexity index is 397. The third kappa shape index (κ3) is 2.80. The Morgan fingerprint density at radius 3 is 2.53 bits per heavy atom. The highest BCUT2D eigenvalue weighted by Crippen LogP contribution is 2.27. The van der Waals surface area contributed by atoms with Gasteiger partial charge in [0.1, 0.15) is 12.7 Å². The number of alkyl halides is 4. The van der Waals surface area contributed by atoms with E-state index in [0.717, 1.165) is 6.20 Å². The summed E-state index contributed by atoms with van der Waals surface area (Å²) in [6, 6.07) is 1.52. The van der Waals surface area contributed by atoms with Crippen LogP contribution < -0.4 is 4.74 Å². The van der Waals surface area contributed by atoms with E-state index in [2.05, 4.69) is 9.72 Å². The largest absolute Gasteiger partial charge is 0.573 e. The summed E-state index contributed by atoms with van der Waals surface area (Å²) in [5.41, 5.74) is -0.732. The minimum Gasteiger partial charge on any atom is -0.404 e. The standard InChI is InChI=1S/C8H4F4N2O/c9-1-6-5(2-13)3-14-4-7(6)15-8(10,11)12/h3-4H,1H2. The number of halogens is 4. The summed E-state index contributed by atoms with van der Waals surface area (Å²) in [5, 5.41) is 8.48. The van der Waals surface area contributed by atoms with Gasteiger partial charge in [0, 0.05) is 11.8 Å². The van der Waals surface area contributed by atoms with Crippen LogP contribution >= 0.6 is 0 Å². The zero-order valence-corrected chi connectivity index (χ0v) is 7.18. The fraction of sp³-hybridized carbons (Fsp3) is 0.250. The molecule has 0 aliphatic heterocycles. The van der Waals surface area contributed by atoms with Crippen molar-refractivity contribution >= 4 is 0 Å². The van der Waals surface area contributed by atoms with E-state index < -0.39 is 24.3 Å². The van der Waals surface area contributed by atoms with Crippen LogP contribution in [0.15, 0.2) is 12.4 Å². The van der Waals surface area contributed by atoms with E-state index in [1.54, 1.807) is 0 Å². The van der Waals surface area contributed by atoms with Crippen molar-refractivity contribution in [1.29, 1.82) is 5.26 Å². The zero-order valence-electron chi connectivity index (χ0n) is 7.18. The van der Waals surface area contributed by atoms with Crippen LogP contribution in [0.4, 0.5) is 17.6 Å². The number of rotatable bonds is 2. The maximum absolute atomic E-state index is 12.4. The lowest BCUT2D eigenvalue weighted by molar-refractivity contribution is -0.275. The summed E-state index contributed by atoms with van der Waals surface area (Å²) in [7, 11) is 0. The van der Waals surface area contributed by atoms with Crippen molar-refractivity contribution in [3.8, 4) is 11.8 Å². The highest BCUT2D eigenvalue weighted by atomic mass is 19.4. The first-order valence-corrected chi connectivity index (χ1v) is 3.66. The van der Waals surface area contributed by atoms with E-state index in [9.17, 15) is 17.6 Å². The van der Waals surface area contributed by atoms with Gasteiger partial charge in [0.2, 0.25) is 0 Å². The molecule has 0 aromatic carbocycles. The van der Waals surface area contributed by atoms with Crippen LogP contribution in [0.3, 0.4) is 0 Å². The Labute approximate surface area is 81.9 Å². The van der Waals surface area contributed by atoms with E-state index in [-0.39, 0.29) is 5.56 Å². The second-order valence-corrected chi connectivity index (χ2v) is 2.46. The Morgan fingerprint density at radius 2 is 2.07 bits per heavy atom. The molecule has 0 radical (unpaired) electrons. The highest BCUT2D eigenvalue weighted by molar-refractivity contribution is 5.43. The van der Waals surface area contributed by atoms with Crippen LogP contribution in [0.1, 0.15) is 11.1 Å². The molecule has 1 heterocycles. The summed E-state index contributed by atoms with van der Waals surface area (Å²) >= 11 is 0. The molecule has 15 heavy (non-hydrogen) atoms. The smallest absolute Gasteiger partial charge is 0.404 e. The van der Waals surface area contributed by atoms with Crippen molar-refractivity contribution in [2.75, 3.05) is 0 Å². The van der Waals surface area contributed by atoms with E-state index in [1.807, 2.05) is 0 Å². The molecule has 1 aromatic heterocycles. The molecule has 1 rings (SSSR count). The maximum atomic E-state index is 12.4. The summed E-state index contributed by atoms with van der Waals surface area (Å²) in [6.07, 6.45) is -3.25. The van der Waals surface area contributed by atoms with Crippen LogP contribution in [-0.2, 0) is 6.67 Å². The molecule has 0 atom stereocenters. The van der Waals surface area contributed by atoms with Gasteiger partial charge in [-0.1, -0.05) is 0 Å². The molecule has 80 valence electrons. The fourth-order valence-electron chi connectivity index (χ4n) is 0.915. The van der Waals surface area contributed by atoms with Gasteiger partial charge < -0.3 is 4.74 Å². The van der Waals surface area contributed by atoms with Crippen molar-refractivity contribution < 1.29 is 22.3 Å². The average molecular weight is 220 g/mol. The normalized spacial score (nSPS) is 10.9. The first kappa shape index (κ1) is 11.2. The number of aromatic nitrogens is 1. The third-order valence-electron chi connectivity index (χ3n) is 1.50. The van der Waals surface area contributed by atoms with Gasteiger partial charge in [0.25, 0.3) is 0 Å². The molecule has 0 aliphatic rings. The quantitative estimate of drug-likeness (QED) is 0.718. The number of nitrogens with zero attached hydrogens (tertiary/aromatic N) is 2. The Balaban J connectivity index is 3.14. The van der Waals surface area contributed by atoms with Crippen LogP contribution in [0.25, 0.3) is 0 Å². The molecule has 0 unspecified atom stereocenters. The molecular formula is C8H4F4N2O. The van der Waals surface area contributed by atoms with Crippen LogP contribution in [-0.4, -0.2) is 11.3 Å². The van der Waals surface area contributed by atoms with E-state index in [1.165, 1.54) is 6.07 Å². The number of hydrogen-bond acceptors (Lipinski definition) is 3. The minimum absolute atomic E-state index is 0.278. The molecule has 7 heteroatoms. The van der Waals surface area contributed by atoms with Gasteiger partial charge in [-0.05, 0) is 0 Å². The van der Waals surface area contributed by atoms with Crippen LogP contribution in [0.5, 0.6) is 5.75 Å². The van der Waals surface area contributed by atoms with E-state index >= 15 is 0 Å². The van der Waals surface area contributed by atoms with Crippen molar-refractivity contribution in [3.63, 3.8) is 0 Å². The van der Waals surface area contributed by atoms with Crippen LogP contribution in [0, 0.1) is 11.3 Å². The van der Waals surface area contributed by atoms with Crippen molar-refractivity contribution in [3.05, 3.63) is 23.5 Å². The van der Waals surface area contributed by atoms with Gasteiger partial charge in [0.05, 0.1) is 11.8 Å². The number of ether oxygens (including phenoxy) is 1. The Kier molecular flexibility index (Phi) is 3.09. The Morgan fingerprint density at radius 1 is 1.40 bits per heavy atom.